The number of carboxylic acid groups (broad SMARTS) is 1. The van der Waals surface area contributed by atoms with Crippen molar-refractivity contribution in [2.45, 2.75) is 148 Å². The smallest absolute Gasteiger partial charge is 0.306 e. The number of likely N-dealkylation sites (N-methyl/N-ethyl adjacent to an activating group) is 1. The van der Waals surface area contributed by atoms with Crippen LogP contribution in [0.5, 0.6) is 0 Å². The number of hydrogen-bond acceptors (Lipinski definition) is 7. The number of carbonyl (C=O) groups excluding carboxylic acids is 3. The van der Waals surface area contributed by atoms with Gasteiger partial charge in [-0.15, -0.1) is 0 Å². The minimum atomic E-state index is -1.15. The third-order valence-corrected chi connectivity index (χ3v) is 9.10. The van der Waals surface area contributed by atoms with Crippen LogP contribution in [0.1, 0.15) is 136 Å². The molecule has 0 saturated carbocycles. The van der Waals surface area contributed by atoms with Crippen LogP contribution in [0.15, 0.2) is 122 Å². The van der Waals surface area contributed by atoms with Crippen LogP contribution in [0.2, 0.25) is 0 Å². The van der Waals surface area contributed by atoms with Gasteiger partial charge in [-0.05, 0) is 89.9 Å². The number of nitrogens with zero attached hydrogens (tertiary/aromatic N) is 1. The Morgan fingerprint density at radius 3 is 1.38 bits per heavy atom. The van der Waals surface area contributed by atoms with E-state index in [1.807, 2.05) is 12.2 Å². The van der Waals surface area contributed by atoms with E-state index >= 15 is 0 Å². The molecule has 0 bridgehead atoms. The van der Waals surface area contributed by atoms with Crippen molar-refractivity contribution in [3.8, 4) is 0 Å². The Morgan fingerprint density at radius 2 is 0.950 bits per heavy atom. The number of hydrogen-bond donors (Lipinski definition) is 0. The monoisotopic (exact) mass is 832 g/mol. The maximum absolute atomic E-state index is 12.7. The van der Waals surface area contributed by atoms with Crippen LogP contribution in [0.4, 0.5) is 0 Å². The second kappa shape index (κ2) is 41.5. The van der Waals surface area contributed by atoms with Gasteiger partial charge in [-0.2, -0.15) is 0 Å². The fourth-order valence-corrected chi connectivity index (χ4v) is 5.62. The second-order valence-electron chi connectivity index (χ2n) is 15.5. The molecular formula is C52H81NO7. The summed E-state index contributed by atoms with van der Waals surface area (Å²) < 4.78 is 17.0. The Bertz CT molecular complexity index is 1390. The summed E-state index contributed by atoms with van der Waals surface area (Å²) in [4.78, 5) is 36.8. The lowest BCUT2D eigenvalue weighted by atomic mass is 10.1. The number of esters is 2. The molecule has 2 atom stereocenters. The summed E-state index contributed by atoms with van der Waals surface area (Å²) in [6, 6.07) is -0.754. The zero-order chi connectivity index (χ0) is 44.2. The van der Waals surface area contributed by atoms with E-state index in [0.29, 0.717) is 12.8 Å². The van der Waals surface area contributed by atoms with Crippen LogP contribution in [-0.2, 0) is 28.6 Å². The summed E-state index contributed by atoms with van der Waals surface area (Å²) >= 11 is 0. The highest BCUT2D eigenvalue weighted by molar-refractivity contribution is 5.70. The molecule has 0 aromatic heterocycles. The molecule has 0 N–H and O–H groups in total. The summed E-state index contributed by atoms with van der Waals surface area (Å²) in [5.41, 5.74) is 0. The molecule has 0 radical (unpaired) electrons. The molecule has 0 fully saturated rings. The lowest BCUT2D eigenvalue weighted by molar-refractivity contribution is -0.889. The first-order chi connectivity index (χ1) is 29.1. The van der Waals surface area contributed by atoms with Crippen molar-refractivity contribution < 1.29 is 38.2 Å². The van der Waals surface area contributed by atoms with E-state index in [1.54, 1.807) is 21.1 Å². The van der Waals surface area contributed by atoms with Crippen LogP contribution >= 0.6 is 0 Å². The van der Waals surface area contributed by atoms with E-state index < -0.39 is 30.1 Å². The molecule has 0 aliphatic heterocycles. The average Bonchev–Trinajstić information content (AvgIpc) is 3.21. The fraction of sp³-hybridized carbons (Fsp3) is 0.558. The number of aliphatic carboxylic acids is 1. The number of unbranched alkanes of at least 4 members (excludes halogenated alkanes) is 4. The molecule has 0 aromatic rings. The van der Waals surface area contributed by atoms with Gasteiger partial charge in [-0.3, -0.25) is 9.59 Å². The van der Waals surface area contributed by atoms with E-state index in [-0.39, 0.29) is 43.6 Å². The molecule has 0 heterocycles. The van der Waals surface area contributed by atoms with Crippen molar-refractivity contribution in [2.75, 3.05) is 41.0 Å². The number of ether oxygens (including phenoxy) is 3. The number of quaternary nitrogens is 1. The lowest BCUT2D eigenvalue weighted by Gasteiger charge is -2.34. The highest BCUT2D eigenvalue weighted by Crippen LogP contribution is 2.10. The van der Waals surface area contributed by atoms with Gasteiger partial charge in [0.05, 0.1) is 40.3 Å². The van der Waals surface area contributed by atoms with Gasteiger partial charge >= 0.3 is 11.9 Å². The van der Waals surface area contributed by atoms with Gasteiger partial charge in [0.25, 0.3) is 0 Å². The fourth-order valence-electron chi connectivity index (χ4n) is 5.62. The van der Waals surface area contributed by atoms with Crippen molar-refractivity contribution in [2.24, 2.45) is 0 Å². The summed E-state index contributed by atoms with van der Waals surface area (Å²) in [6.07, 6.45) is 58.2. The van der Waals surface area contributed by atoms with Crippen molar-refractivity contribution >= 4 is 17.9 Å². The predicted molar refractivity (Wildman–Crippen MR) is 249 cm³/mol. The molecule has 0 aliphatic carbocycles. The average molecular weight is 832 g/mol. The summed E-state index contributed by atoms with van der Waals surface area (Å²) in [6.45, 7) is 4.35. The van der Waals surface area contributed by atoms with Gasteiger partial charge in [0.1, 0.15) is 12.6 Å². The molecule has 336 valence electrons. The summed E-state index contributed by atoms with van der Waals surface area (Å²) in [5.74, 6) is -1.94. The predicted octanol–water partition coefficient (Wildman–Crippen LogP) is 11.3. The molecule has 0 amide bonds. The van der Waals surface area contributed by atoms with Crippen LogP contribution in [0.25, 0.3) is 0 Å². The number of carbonyl (C=O) groups is 3. The van der Waals surface area contributed by atoms with Crippen LogP contribution in [0, 0.1) is 0 Å². The van der Waals surface area contributed by atoms with E-state index in [1.165, 1.54) is 25.7 Å². The van der Waals surface area contributed by atoms with Crippen molar-refractivity contribution in [3.63, 3.8) is 0 Å². The van der Waals surface area contributed by atoms with Crippen molar-refractivity contribution in [3.05, 3.63) is 122 Å². The van der Waals surface area contributed by atoms with Gasteiger partial charge in [0.2, 0.25) is 0 Å². The molecular weight excluding hydrogens is 751 g/mol. The first-order valence-corrected chi connectivity index (χ1v) is 22.6. The molecule has 0 rings (SSSR count). The van der Waals surface area contributed by atoms with E-state index in [0.717, 1.165) is 64.2 Å². The molecule has 60 heavy (non-hydrogen) atoms. The van der Waals surface area contributed by atoms with Gasteiger partial charge in [0.15, 0.2) is 6.10 Å². The zero-order valence-corrected chi connectivity index (χ0v) is 38.1. The molecule has 0 saturated heterocycles. The van der Waals surface area contributed by atoms with E-state index in [4.69, 9.17) is 14.2 Å². The van der Waals surface area contributed by atoms with E-state index in [2.05, 4.69) is 123 Å². The minimum Gasteiger partial charge on any atom is -0.544 e. The minimum absolute atomic E-state index is 0.0136. The van der Waals surface area contributed by atoms with Gasteiger partial charge < -0.3 is 28.6 Å². The maximum Gasteiger partial charge on any atom is 0.306 e. The second-order valence-corrected chi connectivity index (χ2v) is 15.5. The lowest BCUT2D eigenvalue weighted by Crippen LogP contribution is -2.55. The van der Waals surface area contributed by atoms with Gasteiger partial charge in [0, 0.05) is 19.3 Å². The highest BCUT2D eigenvalue weighted by Gasteiger charge is 2.25. The number of allylic oxidation sites excluding steroid dienone is 20. The summed E-state index contributed by atoms with van der Waals surface area (Å²) in [5, 5.41) is 11.6. The molecule has 0 spiro atoms. The molecule has 2 unspecified atom stereocenters. The standard InChI is InChI=1S/C52H81NO7/c1-6-8-10-12-14-16-18-20-22-24-25-27-28-30-32-34-36-38-40-42-50(54)59-47-48(46-58-45-44-49(52(56)57)53(3,4)5)60-51(55)43-41-39-37-35-33-31-29-26-23-21-19-17-15-13-11-9-7-2/h8,10,14-17,20-23,25,27,29-32,35-38,48-49H,6-7,9,11-13,18-19,24,26,28,33-34,39-47H2,1-5H3/b10-8+,16-14+,17-15+,22-20+,23-21+,27-25+,31-29+,32-30+,37-35+,38-36+. The SMILES string of the molecule is CC/C=C/C/C=C/C/C=C/C/C=C/C/C=C/C/C=C/CCC(=O)OCC(COCCC(C(=O)[O-])[N+](C)(C)C)OC(=O)CCC/C=C/C/C=C/C/C=C/C/C=C/CCCCC. The zero-order valence-electron chi connectivity index (χ0n) is 38.1. The van der Waals surface area contributed by atoms with E-state index in [9.17, 15) is 19.5 Å². The van der Waals surface area contributed by atoms with Crippen LogP contribution in [0.3, 0.4) is 0 Å². The topological polar surface area (TPSA) is 102 Å². The van der Waals surface area contributed by atoms with Crippen molar-refractivity contribution in [1.29, 1.82) is 0 Å². The van der Waals surface area contributed by atoms with Crippen LogP contribution in [-0.4, -0.2) is 75.5 Å². The Kier molecular flexibility index (Phi) is 38.5. The Hall–Kier alpha value is -4.27. The van der Waals surface area contributed by atoms with Crippen LogP contribution < -0.4 is 5.11 Å². The maximum atomic E-state index is 12.7. The third-order valence-electron chi connectivity index (χ3n) is 9.10. The van der Waals surface area contributed by atoms with Crippen molar-refractivity contribution in [1.82, 2.24) is 0 Å². The normalized spacial score (nSPS) is 14.1. The summed E-state index contributed by atoms with van der Waals surface area (Å²) in [7, 11) is 5.35. The molecule has 0 aromatic carbocycles. The van der Waals surface area contributed by atoms with Gasteiger partial charge in [-0.1, -0.05) is 148 Å². The third kappa shape index (κ3) is 39.2. The molecule has 8 nitrogen and oxygen atoms in total. The quantitative estimate of drug-likeness (QED) is 0.0264. The van der Waals surface area contributed by atoms with Gasteiger partial charge in [-0.25, -0.2) is 0 Å². The first kappa shape index (κ1) is 55.7. The largest absolute Gasteiger partial charge is 0.544 e. The Labute approximate surface area is 365 Å². The number of carboxylic acids is 1. The number of rotatable bonds is 38. The highest BCUT2D eigenvalue weighted by atomic mass is 16.6. The Balaban J connectivity index is 4.58. The molecule has 8 heteroatoms. The first-order valence-electron chi connectivity index (χ1n) is 22.6. The Morgan fingerprint density at radius 1 is 0.517 bits per heavy atom. The molecule has 0 aliphatic rings.